The molecule has 0 fully saturated rings. The van der Waals surface area contributed by atoms with Crippen molar-refractivity contribution in [3.05, 3.63) is 51.6 Å². The second-order valence-corrected chi connectivity index (χ2v) is 5.70. The Morgan fingerprint density at radius 2 is 2.33 bits per heavy atom. The number of halogens is 1. The Kier molecular flexibility index (Phi) is 3.22. The lowest BCUT2D eigenvalue weighted by Gasteiger charge is -2.14. The fourth-order valence-corrected chi connectivity index (χ4v) is 2.80. The summed E-state index contributed by atoms with van der Waals surface area (Å²) >= 11 is 3.47. The van der Waals surface area contributed by atoms with Crippen LogP contribution in [0.1, 0.15) is 29.3 Å². The van der Waals surface area contributed by atoms with Crippen LogP contribution in [0.15, 0.2) is 33.2 Å². The Morgan fingerprint density at radius 1 is 1.44 bits per heavy atom. The van der Waals surface area contributed by atoms with Gasteiger partial charge in [-0.15, -0.1) is 0 Å². The summed E-state index contributed by atoms with van der Waals surface area (Å²) in [6, 6.07) is 8.44. The highest BCUT2D eigenvalue weighted by Crippen LogP contribution is 2.23. The van der Waals surface area contributed by atoms with Crippen molar-refractivity contribution < 1.29 is 4.42 Å². The molecule has 18 heavy (non-hydrogen) atoms. The molecule has 0 radical (unpaired) electrons. The van der Waals surface area contributed by atoms with E-state index < -0.39 is 0 Å². The number of aryl methyl sites for hydroxylation is 1. The van der Waals surface area contributed by atoms with Crippen molar-refractivity contribution in [1.82, 2.24) is 4.98 Å². The topological polar surface area (TPSA) is 52.0 Å². The summed E-state index contributed by atoms with van der Waals surface area (Å²) in [7, 11) is 0. The van der Waals surface area contributed by atoms with Crippen LogP contribution in [-0.2, 0) is 19.3 Å². The molecule has 94 valence electrons. The third-order valence-electron chi connectivity index (χ3n) is 3.27. The normalized spacial score (nSPS) is 18.7. The Bertz CT molecular complexity index is 565. The molecule has 2 aromatic rings. The molecule has 3 nitrogen and oxygen atoms in total. The van der Waals surface area contributed by atoms with E-state index in [9.17, 15) is 0 Å². The average molecular weight is 307 g/mol. The Balaban J connectivity index is 1.82. The van der Waals surface area contributed by atoms with Gasteiger partial charge >= 0.3 is 0 Å². The maximum atomic E-state index is 5.94. The first-order chi connectivity index (χ1) is 8.70. The van der Waals surface area contributed by atoms with Crippen LogP contribution < -0.4 is 5.73 Å². The van der Waals surface area contributed by atoms with Crippen molar-refractivity contribution in [1.29, 1.82) is 0 Å². The van der Waals surface area contributed by atoms with Crippen LogP contribution >= 0.6 is 15.9 Å². The lowest BCUT2D eigenvalue weighted by Crippen LogP contribution is -2.27. The van der Waals surface area contributed by atoms with E-state index in [1.165, 1.54) is 5.56 Å². The number of nitrogens with two attached hydrogens (primary N) is 1. The zero-order valence-electron chi connectivity index (χ0n) is 10.0. The van der Waals surface area contributed by atoms with Gasteiger partial charge in [0.25, 0.3) is 0 Å². The van der Waals surface area contributed by atoms with Crippen molar-refractivity contribution in [3.63, 3.8) is 0 Å². The highest BCUT2D eigenvalue weighted by molar-refractivity contribution is 9.10. The van der Waals surface area contributed by atoms with Gasteiger partial charge in [0.15, 0.2) is 5.89 Å². The van der Waals surface area contributed by atoms with Crippen LogP contribution in [0, 0.1) is 0 Å². The van der Waals surface area contributed by atoms with Crippen molar-refractivity contribution in [3.8, 4) is 0 Å². The molecule has 0 spiro atoms. The molecular formula is C14H15BrN2O. The van der Waals surface area contributed by atoms with Gasteiger partial charge in [0.2, 0.25) is 0 Å². The summed E-state index contributed by atoms with van der Waals surface area (Å²) in [6.45, 7) is 0. The Hall–Kier alpha value is -1.13. The SMILES string of the molecule is NC1CCc2nc(Cc3cccc(Br)c3)oc2C1. The van der Waals surface area contributed by atoms with Gasteiger partial charge in [-0.1, -0.05) is 28.1 Å². The van der Waals surface area contributed by atoms with Gasteiger partial charge in [-0.25, -0.2) is 4.98 Å². The summed E-state index contributed by atoms with van der Waals surface area (Å²) in [4.78, 5) is 4.57. The number of oxazole rings is 1. The minimum atomic E-state index is 0.226. The summed E-state index contributed by atoms with van der Waals surface area (Å²) in [5.41, 5.74) is 8.24. The van der Waals surface area contributed by atoms with Gasteiger partial charge in [0.05, 0.1) is 5.69 Å². The largest absolute Gasteiger partial charge is 0.445 e. The smallest absolute Gasteiger partial charge is 0.199 e. The quantitative estimate of drug-likeness (QED) is 0.928. The predicted molar refractivity (Wildman–Crippen MR) is 73.5 cm³/mol. The van der Waals surface area contributed by atoms with Crippen LogP contribution in [0.4, 0.5) is 0 Å². The molecule has 1 aromatic carbocycles. The molecule has 1 atom stereocenters. The summed E-state index contributed by atoms with van der Waals surface area (Å²) in [6.07, 6.45) is 3.51. The lowest BCUT2D eigenvalue weighted by molar-refractivity contribution is 0.427. The van der Waals surface area contributed by atoms with E-state index in [2.05, 4.69) is 33.0 Å². The highest BCUT2D eigenvalue weighted by Gasteiger charge is 2.21. The zero-order chi connectivity index (χ0) is 12.5. The van der Waals surface area contributed by atoms with E-state index in [1.54, 1.807) is 0 Å². The first kappa shape index (κ1) is 11.9. The van der Waals surface area contributed by atoms with Crippen LogP contribution in [0.3, 0.4) is 0 Å². The van der Waals surface area contributed by atoms with Crippen LogP contribution in [0.5, 0.6) is 0 Å². The molecule has 1 unspecified atom stereocenters. The van der Waals surface area contributed by atoms with Gasteiger partial charge in [-0.05, 0) is 30.5 Å². The number of fused-ring (bicyclic) bond motifs is 1. The Labute approximate surface area is 115 Å². The van der Waals surface area contributed by atoms with E-state index >= 15 is 0 Å². The molecule has 1 aliphatic rings. The summed E-state index contributed by atoms with van der Waals surface area (Å²) in [5, 5.41) is 0. The third-order valence-corrected chi connectivity index (χ3v) is 3.76. The minimum Gasteiger partial charge on any atom is -0.445 e. The first-order valence-corrected chi connectivity index (χ1v) is 6.97. The molecule has 0 saturated heterocycles. The fraction of sp³-hybridized carbons (Fsp3) is 0.357. The monoisotopic (exact) mass is 306 g/mol. The van der Waals surface area contributed by atoms with Crippen molar-refractivity contribution in [2.24, 2.45) is 5.73 Å². The molecule has 1 aromatic heterocycles. The van der Waals surface area contributed by atoms with Crippen molar-refractivity contribution >= 4 is 15.9 Å². The van der Waals surface area contributed by atoms with E-state index in [0.717, 1.165) is 47.5 Å². The van der Waals surface area contributed by atoms with Crippen LogP contribution in [0.2, 0.25) is 0 Å². The third kappa shape index (κ3) is 2.49. The lowest BCUT2D eigenvalue weighted by atomic mass is 9.98. The number of hydrogen-bond donors (Lipinski definition) is 1. The molecule has 1 aliphatic carbocycles. The maximum absolute atomic E-state index is 5.94. The van der Waals surface area contributed by atoms with Gasteiger partial charge in [0.1, 0.15) is 5.76 Å². The van der Waals surface area contributed by atoms with Gasteiger partial charge in [-0.3, -0.25) is 0 Å². The second-order valence-electron chi connectivity index (χ2n) is 4.79. The zero-order valence-corrected chi connectivity index (χ0v) is 11.6. The van der Waals surface area contributed by atoms with E-state index in [4.69, 9.17) is 10.2 Å². The Morgan fingerprint density at radius 3 is 3.17 bits per heavy atom. The van der Waals surface area contributed by atoms with Gasteiger partial charge < -0.3 is 10.2 Å². The standard InChI is InChI=1S/C14H15BrN2O/c15-10-3-1-2-9(6-10)7-14-17-12-5-4-11(16)8-13(12)18-14/h1-3,6,11H,4-5,7-8,16H2. The minimum absolute atomic E-state index is 0.226. The van der Waals surface area contributed by atoms with Gasteiger partial charge in [0, 0.05) is 23.4 Å². The molecule has 0 amide bonds. The summed E-state index contributed by atoms with van der Waals surface area (Å²) < 4.78 is 6.90. The number of hydrogen-bond acceptors (Lipinski definition) is 3. The number of aromatic nitrogens is 1. The molecule has 1 heterocycles. The average Bonchev–Trinajstić information content (AvgIpc) is 2.70. The molecule has 0 saturated carbocycles. The van der Waals surface area contributed by atoms with Gasteiger partial charge in [-0.2, -0.15) is 0 Å². The maximum Gasteiger partial charge on any atom is 0.199 e. The molecule has 2 N–H and O–H groups in total. The predicted octanol–water partition coefficient (Wildman–Crippen LogP) is 2.84. The highest BCUT2D eigenvalue weighted by atomic mass is 79.9. The van der Waals surface area contributed by atoms with E-state index in [-0.39, 0.29) is 6.04 Å². The van der Waals surface area contributed by atoms with E-state index in [0.29, 0.717) is 0 Å². The van der Waals surface area contributed by atoms with Crippen LogP contribution in [0.25, 0.3) is 0 Å². The molecule has 4 heteroatoms. The molecule has 3 rings (SSSR count). The molecule has 0 aliphatic heterocycles. The molecular weight excluding hydrogens is 292 g/mol. The van der Waals surface area contributed by atoms with Crippen molar-refractivity contribution in [2.75, 3.05) is 0 Å². The first-order valence-electron chi connectivity index (χ1n) is 6.18. The fourth-order valence-electron chi connectivity index (χ4n) is 2.35. The molecule has 0 bridgehead atoms. The van der Waals surface area contributed by atoms with Crippen molar-refractivity contribution in [2.45, 2.75) is 31.7 Å². The number of nitrogens with zero attached hydrogens (tertiary/aromatic N) is 1. The number of rotatable bonds is 2. The summed E-state index contributed by atoms with van der Waals surface area (Å²) in [5.74, 6) is 1.78. The second kappa shape index (κ2) is 4.86. The number of benzene rings is 1. The van der Waals surface area contributed by atoms with Crippen LogP contribution in [-0.4, -0.2) is 11.0 Å². The van der Waals surface area contributed by atoms with E-state index in [1.807, 2.05) is 12.1 Å².